The van der Waals surface area contributed by atoms with Gasteiger partial charge in [0.1, 0.15) is 0 Å². The van der Waals surface area contributed by atoms with Crippen molar-refractivity contribution in [3.63, 3.8) is 0 Å². The van der Waals surface area contributed by atoms with Crippen LogP contribution in [0.5, 0.6) is 0 Å². The molecule has 0 saturated carbocycles. The van der Waals surface area contributed by atoms with Crippen LogP contribution in [0.4, 0.5) is 0 Å². The van der Waals surface area contributed by atoms with E-state index < -0.39 is 0 Å². The quantitative estimate of drug-likeness (QED) is 0.883. The molecule has 2 aromatic rings. The number of aromatic nitrogens is 2. The Kier molecular flexibility index (Phi) is 5.27. The van der Waals surface area contributed by atoms with E-state index in [0.717, 1.165) is 11.1 Å². The van der Waals surface area contributed by atoms with Crippen LogP contribution in [-0.2, 0) is 11.3 Å². The van der Waals surface area contributed by atoms with E-state index in [4.69, 9.17) is 4.42 Å². The van der Waals surface area contributed by atoms with Gasteiger partial charge in [-0.2, -0.15) is 0 Å². The minimum absolute atomic E-state index is 0.0177. The van der Waals surface area contributed by atoms with Gasteiger partial charge in [-0.05, 0) is 40.0 Å². The van der Waals surface area contributed by atoms with Crippen molar-refractivity contribution in [2.24, 2.45) is 0 Å². The van der Waals surface area contributed by atoms with Crippen LogP contribution in [0.25, 0.3) is 11.5 Å². The summed E-state index contributed by atoms with van der Waals surface area (Å²) in [6.45, 7) is 6.61. The van der Waals surface area contributed by atoms with Gasteiger partial charge >= 0.3 is 0 Å². The third-order valence-corrected chi connectivity index (χ3v) is 3.00. The summed E-state index contributed by atoms with van der Waals surface area (Å²) in [5, 5.41) is 11.0. The van der Waals surface area contributed by atoms with Gasteiger partial charge in [0.25, 0.3) is 0 Å². The second-order valence-electron chi connectivity index (χ2n) is 5.76. The molecule has 0 aliphatic carbocycles. The summed E-state index contributed by atoms with van der Waals surface area (Å²) in [4.78, 5) is 13.5. The molecule has 22 heavy (non-hydrogen) atoms. The van der Waals surface area contributed by atoms with Crippen LogP contribution in [0.1, 0.15) is 25.3 Å². The molecular formula is C16H22N4O2. The topological polar surface area (TPSA) is 71.3 Å². The first-order chi connectivity index (χ1) is 10.4. The van der Waals surface area contributed by atoms with Crippen molar-refractivity contribution in [1.82, 2.24) is 20.4 Å². The Morgan fingerprint density at radius 2 is 2.14 bits per heavy atom. The molecule has 1 amide bonds. The van der Waals surface area contributed by atoms with Crippen molar-refractivity contribution in [1.29, 1.82) is 0 Å². The molecule has 1 aromatic heterocycles. The average Bonchev–Trinajstić information content (AvgIpc) is 2.85. The number of hydrogen-bond donors (Lipinski definition) is 1. The Labute approximate surface area is 130 Å². The standard InChI is InChI=1S/C16H22N4O2/c1-11(2)17-14(21)9-20(4)10-15-18-19-16(22-15)13-7-5-6-12(3)8-13/h5-8,11H,9-10H2,1-4H3,(H,17,21). The summed E-state index contributed by atoms with van der Waals surface area (Å²) in [6.07, 6.45) is 0. The predicted octanol–water partition coefficient (Wildman–Crippen LogP) is 2.00. The maximum absolute atomic E-state index is 11.7. The molecule has 6 nitrogen and oxygen atoms in total. The summed E-state index contributed by atoms with van der Waals surface area (Å²) >= 11 is 0. The van der Waals surface area contributed by atoms with Gasteiger partial charge in [0.15, 0.2) is 0 Å². The third-order valence-electron chi connectivity index (χ3n) is 3.00. The maximum atomic E-state index is 11.7. The van der Waals surface area contributed by atoms with Crippen LogP contribution in [0.15, 0.2) is 28.7 Å². The van der Waals surface area contributed by atoms with Crippen molar-refractivity contribution >= 4 is 5.91 Å². The Balaban J connectivity index is 1.96. The number of carbonyl (C=O) groups excluding carboxylic acids is 1. The van der Waals surface area contributed by atoms with Crippen molar-refractivity contribution in [2.75, 3.05) is 13.6 Å². The highest BCUT2D eigenvalue weighted by atomic mass is 16.4. The molecule has 1 aromatic carbocycles. The van der Waals surface area contributed by atoms with E-state index >= 15 is 0 Å². The van der Waals surface area contributed by atoms with Crippen molar-refractivity contribution < 1.29 is 9.21 Å². The van der Waals surface area contributed by atoms with E-state index in [-0.39, 0.29) is 11.9 Å². The van der Waals surface area contributed by atoms with E-state index in [1.54, 1.807) is 0 Å². The van der Waals surface area contributed by atoms with E-state index in [1.807, 2.05) is 57.0 Å². The fourth-order valence-electron chi connectivity index (χ4n) is 2.11. The minimum Gasteiger partial charge on any atom is -0.419 e. The van der Waals surface area contributed by atoms with Gasteiger partial charge in [0, 0.05) is 11.6 Å². The Morgan fingerprint density at radius 1 is 1.36 bits per heavy atom. The third kappa shape index (κ3) is 4.66. The molecule has 0 radical (unpaired) electrons. The van der Waals surface area contributed by atoms with Crippen LogP contribution in [-0.4, -0.2) is 40.6 Å². The first-order valence-electron chi connectivity index (χ1n) is 7.31. The fraction of sp³-hybridized carbons (Fsp3) is 0.438. The highest BCUT2D eigenvalue weighted by Crippen LogP contribution is 2.19. The molecule has 0 aliphatic rings. The Bertz CT molecular complexity index is 637. The molecule has 1 heterocycles. The van der Waals surface area contributed by atoms with Gasteiger partial charge in [0.05, 0.1) is 13.1 Å². The van der Waals surface area contributed by atoms with Gasteiger partial charge in [-0.15, -0.1) is 10.2 Å². The van der Waals surface area contributed by atoms with Crippen molar-refractivity contribution in [3.05, 3.63) is 35.7 Å². The molecule has 0 fully saturated rings. The van der Waals surface area contributed by atoms with E-state index in [9.17, 15) is 4.79 Å². The lowest BCUT2D eigenvalue weighted by molar-refractivity contribution is -0.122. The van der Waals surface area contributed by atoms with Crippen molar-refractivity contribution in [2.45, 2.75) is 33.4 Å². The van der Waals surface area contributed by atoms with Crippen LogP contribution < -0.4 is 5.32 Å². The van der Waals surface area contributed by atoms with Gasteiger partial charge in [-0.25, -0.2) is 0 Å². The molecule has 0 unspecified atom stereocenters. The highest BCUT2D eigenvalue weighted by molar-refractivity contribution is 5.78. The van der Waals surface area contributed by atoms with E-state index in [1.165, 1.54) is 0 Å². The molecule has 0 spiro atoms. The first kappa shape index (κ1) is 16.2. The normalized spacial score (nSPS) is 11.2. The number of nitrogens with one attached hydrogen (secondary N) is 1. The van der Waals surface area contributed by atoms with Crippen LogP contribution in [0.3, 0.4) is 0 Å². The number of benzene rings is 1. The number of hydrogen-bond acceptors (Lipinski definition) is 5. The molecule has 0 aliphatic heterocycles. The number of likely N-dealkylation sites (N-methyl/N-ethyl adjacent to an activating group) is 1. The second-order valence-corrected chi connectivity index (χ2v) is 5.76. The lowest BCUT2D eigenvalue weighted by Crippen LogP contribution is -2.38. The molecule has 118 valence electrons. The summed E-state index contributed by atoms with van der Waals surface area (Å²) in [6, 6.07) is 8.04. The average molecular weight is 302 g/mol. The van der Waals surface area contributed by atoms with Gasteiger partial charge in [-0.1, -0.05) is 17.7 Å². The molecule has 6 heteroatoms. The van der Waals surface area contributed by atoms with Crippen LogP contribution >= 0.6 is 0 Å². The molecular weight excluding hydrogens is 280 g/mol. The smallest absolute Gasteiger partial charge is 0.247 e. The van der Waals surface area contributed by atoms with E-state index in [2.05, 4.69) is 15.5 Å². The summed E-state index contributed by atoms with van der Waals surface area (Å²) in [7, 11) is 1.84. The maximum Gasteiger partial charge on any atom is 0.247 e. The lowest BCUT2D eigenvalue weighted by Gasteiger charge is -2.15. The lowest BCUT2D eigenvalue weighted by atomic mass is 10.1. The fourth-order valence-corrected chi connectivity index (χ4v) is 2.11. The largest absolute Gasteiger partial charge is 0.419 e. The monoisotopic (exact) mass is 302 g/mol. The number of amides is 1. The SMILES string of the molecule is Cc1cccc(-c2nnc(CN(C)CC(=O)NC(C)C)o2)c1. The zero-order chi connectivity index (χ0) is 16.1. The summed E-state index contributed by atoms with van der Waals surface area (Å²) in [5.74, 6) is 0.978. The van der Waals surface area contributed by atoms with Gasteiger partial charge in [0.2, 0.25) is 17.7 Å². The minimum atomic E-state index is -0.0177. The van der Waals surface area contributed by atoms with E-state index in [0.29, 0.717) is 24.9 Å². The second kappa shape index (κ2) is 7.17. The van der Waals surface area contributed by atoms with Gasteiger partial charge in [-0.3, -0.25) is 9.69 Å². The molecule has 0 bridgehead atoms. The molecule has 0 atom stereocenters. The summed E-state index contributed by atoms with van der Waals surface area (Å²) < 4.78 is 5.66. The van der Waals surface area contributed by atoms with Crippen LogP contribution in [0, 0.1) is 6.92 Å². The molecule has 0 saturated heterocycles. The zero-order valence-corrected chi connectivity index (χ0v) is 13.5. The number of nitrogens with zero attached hydrogens (tertiary/aromatic N) is 3. The number of aryl methyl sites for hydroxylation is 1. The first-order valence-corrected chi connectivity index (χ1v) is 7.31. The number of rotatable bonds is 6. The van der Waals surface area contributed by atoms with Crippen molar-refractivity contribution in [3.8, 4) is 11.5 Å². The molecule has 2 rings (SSSR count). The zero-order valence-electron chi connectivity index (χ0n) is 13.5. The summed E-state index contributed by atoms with van der Waals surface area (Å²) in [5.41, 5.74) is 2.04. The van der Waals surface area contributed by atoms with Crippen LogP contribution in [0.2, 0.25) is 0 Å². The predicted molar refractivity (Wildman–Crippen MR) is 84.1 cm³/mol. The number of carbonyl (C=O) groups is 1. The molecule has 1 N–H and O–H groups in total. The van der Waals surface area contributed by atoms with Gasteiger partial charge < -0.3 is 9.73 Å². The highest BCUT2D eigenvalue weighted by Gasteiger charge is 2.13. The Hall–Kier alpha value is -2.21. The Morgan fingerprint density at radius 3 is 2.82 bits per heavy atom.